The molecule has 3 N–H and O–H groups in total. The molecule has 67 valence electrons. The Hall–Kier alpha value is -1.10. The Balaban J connectivity index is 2.23. The van der Waals surface area contributed by atoms with Gasteiger partial charge in [0.05, 0.1) is 13.0 Å². The maximum Gasteiger partial charge on any atom is 0.234 e. The summed E-state index contributed by atoms with van der Waals surface area (Å²) in [5.41, 5.74) is 4.92. The first-order valence-corrected chi connectivity index (χ1v) is 3.80. The van der Waals surface area contributed by atoms with Gasteiger partial charge < -0.3 is 11.1 Å². The summed E-state index contributed by atoms with van der Waals surface area (Å²) in [4.78, 5) is 23.1. The average Bonchev–Trinajstić information content (AvgIpc) is 2.01. The van der Waals surface area contributed by atoms with E-state index in [0.29, 0.717) is 19.6 Å². The van der Waals surface area contributed by atoms with Gasteiger partial charge in [-0.1, -0.05) is 0 Å². The average molecular weight is 170 g/mol. The van der Waals surface area contributed by atoms with Crippen LogP contribution < -0.4 is 11.1 Å². The second-order valence-corrected chi connectivity index (χ2v) is 2.69. The van der Waals surface area contributed by atoms with Crippen molar-refractivity contribution >= 4 is 11.8 Å². The summed E-state index contributed by atoms with van der Waals surface area (Å²) in [6, 6.07) is 0. The number of primary amides is 1. The first kappa shape index (κ1) is 8.99. The number of carbonyl (C=O) groups excluding carboxylic acids is 2. The van der Waals surface area contributed by atoms with Gasteiger partial charge in [-0.15, -0.1) is 0 Å². The fourth-order valence-electron chi connectivity index (χ4n) is 1.07. The van der Waals surface area contributed by atoms with Crippen LogP contribution in [0, 0.1) is 6.42 Å². The third-order valence-electron chi connectivity index (χ3n) is 1.67. The maximum atomic E-state index is 10.8. The molecule has 1 rings (SSSR count). The van der Waals surface area contributed by atoms with Gasteiger partial charge in [0, 0.05) is 19.6 Å². The minimum absolute atomic E-state index is 0.000814. The van der Waals surface area contributed by atoms with Gasteiger partial charge >= 0.3 is 0 Å². The number of nitrogens with one attached hydrogen (secondary N) is 1. The zero-order chi connectivity index (χ0) is 8.97. The molecule has 2 amide bonds. The molecule has 1 aliphatic rings. The van der Waals surface area contributed by atoms with Crippen LogP contribution in [0.4, 0.5) is 0 Å². The molecule has 0 bridgehead atoms. The monoisotopic (exact) mass is 170 g/mol. The molecule has 1 fully saturated rings. The lowest BCUT2D eigenvalue weighted by Gasteiger charge is -2.25. The number of hydrogen-bond acceptors (Lipinski definition) is 3. The molecule has 12 heavy (non-hydrogen) atoms. The standard InChI is InChI=1S/C7H12N3O2/c8-6(11)1-3-10-4-2-9-7(12)5-10/h1H,2-5H2,(H2,8,11)(H,9,12). The van der Waals surface area contributed by atoms with Crippen molar-refractivity contribution in [2.45, 2.75) is 0 Å². The number of rotatable bonds is 3. The van der Waals surface area contributed by atoms with Crippen molar-refractivity contribution < 1.29 is 9.59 Å². The third-order valence-corrected chi connectivity index (χ3v) is 1.67. The van der Waals surface area contributed by atoms with Crippen molar-refractivity contribution in [1.29, 1.82) is 0 Å². The summed E-state index contributed by atoms with van der Waals surface area (Å²) in [7, 11) is 0. The van der Waals surface area contributed by atoms with E-state index in [2.05, 4.69) is 5.32 Å². The molecule has 0 aliphatic carbocycles. The van der Waals surface area contributed by atoms with Crippen LogP contribution >= 0.6 is 0 Å². The molecule has 1 heterocycles. The Morgan fingerprint density at radius 1 is 1.75 bits per heavy atom. The quantitative estimate of drug-likeness (QED) is 0.520. The fraction of sp³-hybridized carbons (Fsp3) is 0.571. The van der Waals surface area contributed by atoms with Gasteiger partial charge in [-0.3, -0.25) is 14.5 Å². The van der Waals surface area contributed by atoms with Gasteiger partial charge in [0.15, 0.2) is 0 Å². The number of carbonyl (C=O) groups is 2. The van der Waals surface area contributed by atoms with E-state index in [1.54, 1.807) is 0 Å². The molecule has 0 atom stereocenters. The molecule has 0 spiro atoms. The number of piperazine rings is 1. The molecule has 1 saturated heterocycles. The number of amides is 2. The summed E-state index contributed by atoms with van der Waals surface area (Å²) in [6.45, 7) is 2.23. The van der Waals surface area contributed by atoms with Gasteiger partial charge in [-0.2, -0.15) is 0 Å². The molecular weight excluding hydrogens is 158 g/mol. The summed E-state index contributed by atoms with van der Waals surface area (Å²) < 4.78 is 0. The van der Waals surface area contributed by atoms with Crippen LogP contribution in [0.2, 0.25) is 0 Å². The third kappa shape index (κ3) is 2.87. The minimum atomic E-state index is -0.444. The van der Waals surface area contributed by atoms with E-state index in [-0.39, 0.29) is 5.91 Å². The molecule has 0 aromatic heterocycles. The number of nitrogens with zero attached hydrogens (tertiary/aromatic N) is 1. The molecule has 0 unspecified atom stereocenters. The van der Waals surface area contributed by atoms with Crippen LogP contribution in [0.15, 0.2) is 0 Å². The van der Waals surface area contributed by atoms with E-state index in [0.717, 1.165) is 6.54 Å². The zero-order valence-electron chi connectivity index (χ0n) is 6.75. The normalized spacial score (nSPS) is 18.8. The summed E-state index contributed by atoms with van der Waals surface area (Å²) >= 11 is 0. The van der Waals surface area contributed by atoms with Crippen molar-refractivity contribution in [3.05, 3.63) is 6.42 Å². The van der Waals surface area contributed by atoms with Gasteiger partial charge in [-0.05, 0) is 0 Å². The van der Waals surface area contributed by atoms with Gasteiger partial charge in [0.25, 0.3) is 0 Å². The second kappa shape index (κ2) is 4.06. The van der Waals surface area contributed by atoms with Crippen LogP contribution in [-0.2, 0) is 9.59 Å². The van der Waals surface area contributed by atoms with E-state index >= 15 is 0 Å². The maximum absolute atomic E-state index is 10.8. The Morgan fingerprint density at radius 3 is 3.08 bits per heavy atom. The van der Waals surface area contributed by atoms with Gasteiger partial charge in [-0.25, -0.2) is 0 Å². The van der Waals surface area contributed by atoms with Gasteiger partial charge in [0.2, 0.25) is 11.8 Å². The van der Waals surface area contributed by atoms with Crippen LogP contribution in [0.3, 0.4) is 0 Å². The zero-order valence-corrected chi connectivity index (χ0v) is 6.75. The highest BCUT2D eigenvalue weighted by Gasteiger charge is 2.15. The highest BCUT2D eigenvalue weighted by molar-refractivity contribution is 5.83. The van der Waals surface area contributed by atoms with Crippen molar-refractivity contribution in [3.63, 3.8) is 0 Å². The minimum Gasteiger partial charge on any atom is -0.369 e. The predicted molar refractivity (Wildman–Crippen MR) is 42.9 cm³/mol. The van der Waals surface area contributed by atoms with Crippen molar-refractivity contribution in [1.82, 2.24) is 10.2 Å². The Bertz CT molecular complexity index is 193. The summed E-state index contributed by atoms with van der Waals surface area (Å²) in [5, 5.41) is 2.69. The fourth-order valence-corrected chi connectivity index (χ4v) is 1.07. The Kier molecular flexibility index (Phi) is 3.04. The van der Waals surface area contributed by atoms with E-state index in [4.69, 9.17) is 5.73 Å². The SMILES string of the molecule is NC(=O)[CH]CN1CCNC(=O)C1. The highest BCUT2D eigenvalue weighted by Crippen LogP contribution is 1.93. The smallest absolute Gasteiger partial charge is 0.234 e. The van der Waals surface area contributed by atoms with E-state index < -0.39 is 5.91 Å². The van der Waals surface area contributed by atoms with Crippen molar-refractivity contribution in [2.75, 3.05) is 26.2 Å². The van der Waals surface area contributed by atoms with Crippen LogP contribution in [0.5, 0.6) is 0 Å². The van der Waals surface area contributed by atoms with E-state index in [1.165, 1.54) is 6.42 Å². The lowest BCUT2D eigenvalue weighted by molar-refractivity contribution is -0.124. The number of hydrogen-bond donors (Lipinski definition) is 2. The van der Waals surface area contributed by atoms with Gasteiger partial charge in [0.1, 0.15) is 0 Å². The molecular formula is C7H12N3O2. The first-order valence-electron chi connectivity index (χ1n) is 3.80. The largest absolute Gasteiger partial charge is 0.369 e. The lowest BCUT2D eigenvalue weighted by atomic mass is 10.3. The first-order chi connectivity index (χ1) is 5.68. The molecule has 0 saturated carbocycles. The van der Waals surface area contributed by atoms with E-state index in [9.17, 15) is 9.59 Å². The highest BCUT2D eigenvalue weighted by atomic mass is 16.2. The predicted octanol–water partition coefficient (Wildman–Crippen LogP) is -1.89. The van der Waals surface area contributed by atoms with Crippen molar-refractivity contribution in [2.24, 2.45) is 5.73 Å². The molecule has 1 radical (unpaired) electrons. The molecule has 0 aromatic rings. The van der Waals surface area contributed by atoms with E-state index in [1.807, 2.05) is 4.90 Å². The summed E-state index contributed by atoms with van der Waals surface area (Å²) in [6.07, 6.45) is 1.37. The topological polar surface area (TPSA) is 75.4 Å². The molecule has 5 heteroatoms. The Labute approximate surface area is 70.9 Å². The van der Waals surface area contributed by atoms with Crippen LogP contribution in [0.1, 0.15) is 0 Å². The van der Waals surface area contributed by atoms with Crippen molar-refractivity contribution in [3.8, 4) is 0 Å². The molecule has 5 nitrogen and oxygen atoms in total. The Morgan fingerprint density at radius 2 is 2.50 bits per heavy atom. The number of nitrogens with two attached hydrogens (primary N) is 1. The second-order valence-electron chi connectivity index (χ2n) is 2.69. The van der Waals surface area contributed by atoms with Crippen LogP contribution in [0.25, 0.3) is 0 Å². The van der Waals surface area contributed by atoms with Crippen LogP contribution in [-0.4, -0.2) is 42.9 Å². The lowest BCUT2D eigenvalue weighted by Crippen LogP contribution is -2.48. The molecule has 1 aliphatic heterocycles. The molecule has 0 aromatic carbocycles. The summed E-state index contributed by atoms with van der Waals surface area (Å²) in [5.74, 6) is -0.444.